The maximum atomic E-state index is 11.4. The van der Waals surface area contributed by atoms with E-state index in [0.717, 1.165) is 38.3 Å². The van der Waals surface area contributed by atoms with Crippen LogP contribution in [0, 0.1) is 11.3 Å². The second kappa shape index (κ2) is 9.23. The smallest absolute Gasteiger partial charge is 0.317 e. The molecule has 2 fully saturated rings. The first-order valence-electron chi connectivity index (χ1n) is 9.93. The third-order valence-corrected chi connectivity index (χ3v) is 5.90. The average molecular weight is 403 g/mol. The zero-order chi connectivity index (χ0) is 21.0. The van der Waals surface area contributed by atoms with Crippen LogP contribution in [-0.2, 0) is 9.59 Å². The Morgan fingerprint density at radius 1 is 1.03 bits per heavy atom. The molecule has 2 atom stereocenters. The van der Waals surface area contributed by atoms with Crippen molar-refractivity contribution >= 4 is 23.5 Å². The number of hydrogen-bond acceptors (Lipinski definition) is 6. The lowest BCUT2D eigenvalue weighted by atomic mass is 9.87. The summed E-state index contributed by atoms with van der Waals surface area (Å²) in [7, 11) is 0. The number of anilines is 1. The molecule has 0 bridgehead atoms. The number of carbonyl (C=O) groups is 2. The summed E-state index contributed by atoms with van der Waals surface area (Å²) in [6.45, 7) is 4.52. The minimum absolute atomic E-state index is 0.0348. The maximum Gasteiger partial charge on any atom is 0.317 e. The monoisotopic (exact) mass is 403 g/mol. The van der Waals surface area contributed by atoms with Crippen molar-refractivity contribution in [3.8, 4) is 0 Å². The highest BCUT2D eigenvalue weighted by Crippen LogP contribution is 2.27. The molecule has 5 N–H and O–H groups in total. The number of hydrogen-bond donors (Lipinski definition) is 4. The molecule has 3 rings (SSSR count). The van der Waals surface area contributed by atoms with Crippen molar-refractivity contribution in [1.29, 1.82) is 5.41 Å². The molecule has 0 radical (unpaired) electrons. The van der Waals surface area contributed by atoms with E-state index in [0.29, 0.717) is 18.7 Å². The van der Waals surface area contributed by atoms with Gasteiger partial charge in [-0.1, -0.05) is 0 Å². The molecular weight excluding hydrogens is 374 g/mol. The number of piperidine rings is 1. The molecular formula is C20H29N5O4. The predicted octanol–water partition coefficient (Wildman–Crippen LogP) is 0.342. The summed E-state index contributed by atoms with van der Waals surface area (Å²) in [5.41, 5.74) is 7.31. The number of carboxylic acid groups (broad SMARTS) is 2. The van der Waals surface area contributed by atoms with E-state index in [-0.39, 0.29) is 30.8 Å². The summed E-state index contributed by atoms with van der Waals surface area (Å²) in [6.07, 6.45) is 0.853. The molecule has 2 heterocycles. The summed E-state index contributed by atoms with van der Waals surface area (Å²) in [4.78, 5) is 28.9. The van der Waals surface area contributed by atoms with E-state index >= 15 is 0 Å². The first-order chi connectivity index (χ1) is 13.8. The zero-order valence-corrected chi connectivity index (χ0v) is 16.5. The van der Waals surface area contributed by atoms with Gasteiger partial charge in [0.05, 0.1) is 13.0 Å². The molecule has 0 spiro atoms. The molecule has 158 valence electrons. The highest BCUT2D eigenvalue weighted by molar-refractivity contribution is 5.95. The quantitative estimate of drug-likeness (QED) is 0.378. The van der Waals surface area contributed by atoms with Gasteiger partial charge in [0.2, 0.25) is 0 Å². The zero-order valence-electron chi connectivity index (χ0n) is 16.5. The van der Waals surface area contributed by atoms with Crippen LogP contribution in [0.25, 0.3) is 0 Å². The number of aliphatic carboxylic acids is 2. The highest BCUT2D eigenvalue weighted by Gasteiger charge is 2.36. The van der Waals surface area contributed by atoms with E-state index < -0.39 is 11.9 Å². The number of carboxylic acids is 2. The minimum atomic E-state index is -0.873. The van der Waals surface area contributed by atoms with Crippen LogP contribution >= 0.6 is 0 Å². The van der Waals surface area contributed by atoms with Gasteiger partial charge in [0.15, 0.2) is 0 Å². The van der Waals surface area contributed by atoms with Gasteiger partial charge < -0.3 is 20.8 Å². The molecule has 1 aromatic carbocycles. The normalized spacial score (nSPS) is 23.7. The fraction of sp³-hybridized carbons (Fsp3) is 0.550. The van der Waals surface area contributed by atoms with Gasteiger partial charge in [-0.05, 0) is 36.6 Å². The third-order valence-electron chi connectivity index (χ3n) is 5.90. The maximum absolute atomic E-state index is 11.4. The van der Waals surface area contributed by atoms with Crippen molar-refractivity contribution in [1.82, 2.24) is 9.80 Å². The molecule has 0 saturated carbocycles. The molecule has 2 saturated heterocycles. The molecule has 2 aliphatic heterocycles. The van der Waals surface area contributed by atoms with Crippen LogP contribution in [0.5, 0.6) is 0 Å². The lowest BCUT2D eigenvalue weighted by Gasteiger charge is -2.46. The number of piperazine rings is 1. The summed E-state index contributed by atoms with van der Waals surface area (Å²) < 4.78 is 0. The van der Waals surface area contributed by atoms with Gasteiger partial charge in [-0.25, -0.2) is 0 Å². The van der Waals surface area contributed by atoms with Gasteiger partial charge in [0.25, 0.3) is 0 Å². The Kier molecular flexibility index (Phi) is 6.71. The first kappa shape index (κ1) is 21.1. The van der Waals surface area contributed by atoms with Crippen molar-refractivity contribution in [2.75, 3.05) is 50.7 Å². The number of nitrogens with two attached hydrogens (primary N) is 1. The Hall–Kier alpha value is -2.65. The number of likely N-dealkylation sites (tertiary alicyclic amines) is 1. The lowest BCUT2D eigenvalue weighted by Crippen LogP contribution is -2.57. The highest BCUT2D eigenvalue weighted by atomic mass is 16.4. The summed E-state index contributed by atoms with van der Waals surface area (Å²) >= 11 is 0. The lowest BCUT2D eigenvalue weighted by molar-refractivity contribution is -0.140. The van der Waals surface area contributed by atoms with Crippen molar-refractivity contribution in [3.05, 3.63) is 29.8 Å². The fourth-order valence-electron chi connectivity index (χ4n) is 4.50. The SMILES string of the molecule is N=C(N)c1ccc(N2CCN([C@H]3CCN(CC(=O)O)C[C@H]3CC(=O)O)CC2)cc1. The van der Waals surface area contributed by atoms with E-state index in [1.807, 2.05) is 29.2 Å². The van der Waals surface area contributed by atoms with Gasteiger partial charge in [-0.2, -0.15) is 0 Å². The van der Waals surface area contributed by atoms with E-state index in [1.165, 1.54) is 0 Å². The first-order valence-corrected chi connectivity index (χ1v) is 9.93. The molecule has 2 aliphatic rings. The summed E-state index contributed by atoms with van der Waals surface area (Å²) in [6, 6.07) is 7.82. The largest absolute Gasteiger partial charge is 0.481 e. The third kappa shape index (κ3) is 5.45. The van der Waals surface area contributed by atoms with Crippen molar-refractivity contribution in [3.63, 3.8) is 0 Å². The topological polar surface area (TPSA) is 134 Å². The van der Waals surface area contributed by atoms with Crippen LogP contribution in [0.2, 0.25) is 0 Å². The predicted molar refractivity (Wildman–Crippen MR) is 109 cm³/mol. The number of rotatable bonds is 7. The Labute approximate surface area is 170 Å². The Balaban J connectivity index is 1.60. The summed E-state index contributed by atoms with van der Waals surface area (Å²) in [5.74, 6) is -1.72. The molecule has 0 amide bonds. The average Bonchev–Trinajstić information content (AvgIpc) is 2.67. The van der Waals surface area contributed by atoms with Crippen molar-refractivity contribution in [2.24, 2.45) is 11.7 Å². The van der Waals surface area contributed by atoms with E-state index in [2.05, 4.69) is 9.80 Å². The van der Waals surface area contributed by atoms with Gasteiger partial charge in [-0.15, -0.1) is 0 Å². The number of nitrogens with one attached hydrogen (secondary N) is 1. The molecule has 9 nitrogen and oxygen atoms in total. The van der Waals surface area contributed by atoms with E-state index in [1.54, 1.807) is 0 Å². The molecule has 9 heteroatoms. The number of benzene rings is 1. The molecule has 0 aliphatic carbocycles. The van der Waals surface area contributed by atoms with Gasteiger partial charge >= 0.3 is 11.9 Å². The van der Waals surface area contributed by atoms with Gasteiger partial charge in [-0.3, -0.25) is 24.8 Å². The molecule has 0 unspecified atom stereocenters. The standard InChI is InChI=1S/C20H29N5O4/c21-20(22)14-1-3-16(4-2-14)24-7-9-25(10-8-24)17-5-6-23(13-19(28)29)12-15(17)11-18(26)27/h1-4,15,17H,5-13H2,(H3,21,22)(H,26,27)(H,28,29)/t15-,17+/m1/s1. The second-order valence-corrected chi connectivity index (χ2v) is 7.83. The minimum Gasteiger partial charge on any atom is -0.481 e. The van der Waals surface area contributed by atoms with Crippen LogP contribution in [0.4, 0.5) is 5.69 Å². The van der Waals surface area contributed by atoms with Crippen LogP contribution in [0.15, 0.2) is 24.3 Å². The van der Waals surface area contributed by atoms with Gasteiger partial charge in [0.1, 0.15) is 5.84 Å². The Morgan fingerprint density at radius 2 is 1.69 bits per heavy atom. The van der Waals surface area contributed by atoms with Crippen LogP contribution < -0.4 is 10.6 Å². The number of amidine groups is 1. The van der Waals surface area contributed by atoms with E-state index in [4.69, 9.17) is 16.2 Å². The van der Waals surface area contributed by atoms with Crippen LogP contribution in [0.3, 0.4) is 0 Å². The van der Waals surface area contributed by atoms with Crippen molar-refractivity contribution < 1.29 is 19.8 Å². The number of nitrogen functional groups attached to an aromatic ring is 1. The van der Waals surface area contributed by atoms with Crippen molar-refractivity contribution in [2.45, 2.75) is 18.9 Å². The second-order valence-electron chi connectivity index (χ2n) is 7.83. The summed E-state index contributed by atoms with van der Waals surface area (Å²) in [5, 5.41) is 25.8. The van der Waals surface area contributed by atoms with E-state index in [9.17, 15) is 14.7 Å². The molecule has 0 aromatic heterocycles. The van der Waals surface area contributed by atoms with Crippen LogP contribution in [0.1, 0.15) is 18.4 Å². The molecule has 29 heavy (non-hydrogen) atoms. The Bertz CT molecular complexity index is 746. The fourth-order valence-corrected chi connectivity index (χ4v) is 4.50. The number of nitrogens with zero attached hydrogens (tertiary/aromatic N) is 3. The Morgan fingerprint density at radius 3 is 2.24 bits per heavy atom. The van der Waals surface area contributed by atoms with Gasteiger partial charge in [0, 0.05) is 56.6 Å². The molecule has 1 aromatic rings. The van der Waals surface area contributed by atoms with Crippen LogP contribution in [-0.4, -0.2) is 89.6 Å².